The summed E-state index contributed by atoms with van der Waals surface area (Å²) in [6.45, 7) is 6.78. The van der Waals surface area contributed by atoms with Crippen molar-refractivity contribution in [2.24, 2.45) is 0 Å². The smallest absolute Gasteiger partial charge is 0.249 e. The van der Waals surface area contributed by atoms with Gasteiger partial charge in [0.2, 0.25) is 11.8 Å². The van der Waals surface area contributed by atoms with Crippen LogP contribution in [0.1, 0.15) is 62.5 Å². The van der Waals surface area contributed by atoms with Crippen molar-refractivity contribution in [1.29, 1.82) is 0 Å². The van der Waals surface area contributed by atoms with Crippen molar-refractivity contribution >= 4 is 29.0 Å². The first-order valence-electron chi connectivity index (χ1n) is 8.22. The van der Waals surface area contributed by atoms with Gasteiger partial charge >= 0.3 is 0 Å². The van der Waals surface area contributed by atoms with Gasteiger partial charge in [0.15, 0.2) is 10.2 Å². The molecule has 24 heavy (non-hydrogen) atoms. The number of hydrogen-bond donors (Lipinski definition) is 0. The first-order chi connectivity index (χ1) is 11.5. The number of aromatic nitrogens is 3. The van der Waals surface area contributed by atoms with E-state index in [9.17, 15) is 4.79 Å². The van der Waals surface area contributed by atoms with Crippen LogP contribution < -0.4 is 0 Å². The first kappa shape index (κ1) is 17.4. The molecular formula is C16H22N4O2S2. The lowest BCUT2D eigenvalue weighted by Crippen LogP contribution is -2.39. The molecule has 6 nitrogen and oxygen atoms in total. The molecular weight excluding hydrogens is 344 g/mol. The highest BCUT2D eigenvalue weighted by Crippen LogP contribution is 2.32. The zero-order valence-electron chi connectivity index (χ0n) is 14.2. The number of rotatable bonds is 5. The lowest BCUT2D eigenvalue weighted by atomic mass is 10.0. The molecule has 130 valence electrons. The van der Waals surface area contributed by atoms with Crippen LogP contribution in [0.5, 0.6) is 0 Å². The van der Waals surface area contributed by atoms with E-state index < -0.39 is 0 Å². The fraction of sp³-hybridized carbons (Fsp3) is 0.625. The number of likely N-dealkylation sites (tertiary alicyclic amines) is 1. The Hall–Kier alpha value is -1.41. The van der Waals surface area contributed by atoms with E-state index in [-0.39, 0.29) is 17.9 Å². The Bertz CT molecular complexity index is 698. The van der Waals surface area contributed by atoms with Crippen molar-refractivity contribution in [1.82, 2.24) is 20.0 Å². The van der Waals surface area contributed by atoms with E-state index in [0.29, 0.717) is 17.5 Å². The molecule has 0 unspecified atom stereocenters. The Labute approximate surface area is 150 Å². The summed E-state index contributed by atoms with van der Waals surface area (Å²) in [5, 5.41) is 6.05. The highest BCUT2D eigenvalue weighted by atomic mass is 32.2. The monoisotopic (exact) mass is 366 g/mol. The van der Waals surface area contributed by atoms with Crippen LogP contribution >= 0.6 is 23.1 Å². The Kier molecular flexibility index (Phi) is 5.55. The van der Waals surface area contributed by atoms with E-state index in [0.717, 1.165) is 35.8 Å². The molecule has 2 aromatic rings. The normalized spacial score (nSPS) is 18.3. The van der Waals surface area contributed by atoms with Gasteiger partial charge in [-0.3, -0.25) is 4.79 Å². The zero-order chi connectivity index (χ0) is 17.1. The number of aryl methyl sites for hydroxylation is 1. The highest BCUT2D eigenvalue weighted by molar-refractivity contribution is 8.01. The molecule has 1 aliphatic heterocycles. The average molecular weight is 367 g/mol. The second kappa shape index (κ2) is 7.65. The standard InChI is InChI=1S/C16H22N4O2S2/c1-10(2)14-18-15(22-19-14)12-6-4-5-7-20(12)13(21)9-24-16-17-11(3)8-23-16/h8,10,12H,4-7,9H2,1-3H3/t12-/m0/s1. The van der Waals surface area contributed by atoms with Crippen LogP contribution in [0, 0.1) is 6.92 Å². The largest absolute Gasteiger partial charge is 0.337 e. The van der Waals surface area contributed by atoms with E-state index in [4.69, 9.17) is 4.52 Å². The minimum atomic E-state index is -0.0927. The predicted octanol–water partition coefficient (Wildman–Crippen LogP) is 3.80. The summed E-state index contributed by atoms with van der Waals surface area (Å²) < 4.78 is 6.38. The van der Waals surface area contributed by atoms with E-state index >= 15 is 0 Å². The van der Waals surface area contributed by atoms with Crippen molar-refractivity contribution in [3.8, 4) is 0 Å². The first-order valence-corrected chi connectivity index (χ1v) is 10.1. The Morgan fingerprint density at radius 3 is 2.96 bits per heavy atom. The molecule has 1 amide bonds. The Morgan fingerprint density at radius 2 is 2.29 bits per heavy atom. The van der Waals surface area contributed by atoms with Crippen molar-refractivity contribution < 1.29 is 9.32 Å². The second-order valence-corrected chi connectivity index (χ2v) is 8.37. The molecule has 0 radical (unpaired) electrons. The van der Waals surface area contributed by atoms with Gasteiger partial charge in [-0.05, 0) is 26.2 Å². The zero-order valence-corrected chi connectivity index (χ0v) is 15.8. The van der Waals surface area contributed by atoms with Crippen LogP contribution in [0.4, 0.5) is 0 Å². The molecule has 3 heterocycles. The fourth-order valence-corrected chi connectivity index (χ4v) is 4.44. The predicted molar refractivity (Wildman–Crippen MR) is 94.3 cm³/mol. The van der Waals surface area contributed by atoms with Crippen LogP contribution in [0.15, 0.2) is 14.2 Å². The van der Waals surface area contributed by atoms with Crippen molar-refractivity contribution in [2.75, 3.05) is 12.3 Å². The van der Waals surface area contributed by atoms with E-state index in [1.54, 1.807) is 11.3 Å². The fourth-order valence-electron chi connectivity index (χ4n) is 2.71. The van der Waals surface area contributed by atoms with E-state index in [2.05, 4.69) is 15.1 Å². The third-order valence-corrected chi connectivity index (χ3v) is 6.12. The summed E-state index contributed by atoms with van der Waals surface area (Å²) in [6, 6.07) is -0.0927. The van der Waals surface area contributed by atoms with Crippen LogP contribution in [-0.2, 0) is 4.79 Å². The van der Waals surface area contributed by atoms with Gasteiger partial charge in [-0.25, -0.2) is 4.98 Å². The molecule has 0 aliphatic carbocycles. The molecule has 3 rings (SSSR count). The number of thioether (sulfide) groups is 1. The van der Waals surface area contributed by atoms with Gasteiger partial charge in [0.25, 0.3) is 0 Å². The number of hydrogen-bond acceptors (Lipinski definition) is 7. The van der Waals surface area contributed by atoms with E-state index in [1.807, 2.05) is 31.1 Å². The summed E-state index contributed by atoms with van der Waals surface area (Å²) in [5.41, 5.74) is 0.998. The maximum atomic E-state index is 12.7. The molecule has 1 atom stereocenters. The van der Waals surface area contributed by atoms with E-state index in [1.165, 1.54) is 11.8 Å². The quantitative estimate of drug-likeness (QED) is 0.750. The van der Waals surface area contributed by atoms with Crippen LogP contribution in [0.2, 0.25) is 0 Å². The molecule has 1 fully saturated rings. The SMILES string of the molecule is Cc1csc(SCC(=O)N2CCCC[C@H]2c2nc(C(C)C)no2)n1. The lowest BCUT2D eigenvalue weighted by molar-refractivity contribution is -0.132. The minimum absolute atomic E-state index is 0.0927. The van der Waals surface area contributed by atoms with Crippen molar-refractivity contribution in [3.05, 3.63) is 22.8 Å². The van der Waals surface area contributed by atoms with Gasteiger partial charge in [0.05, 0.1) is 5.75 Å². The highest BCUT2D eigenvalue weighted by Gasteiger charge is 2.32. The van der Waals surface area contributed by atoms with Crippen molar-refractivity contribution in [3.63, 3.8) is 0 Å². The molecule has 0 aromatic carbocycles. The molecule has 1 saturated heterocycles. The second-order valence-electron chi connectivity index (χ2n) is 6.29. The van der Waals surface area contributed by atoms with Gasteiger partial charge < -0.3 is 9.42 Å². The summed E-state index contributed by atoms with van der Waals surface area (Å²) in [5.74, 6) is 2.01. The number of amides is 1. The van der Waals surface area contributed by atoms with Gasteiger partial charge in [-0.1, -0.05) is 30.8 Å². The minimum Gasteiger partial charge on any atom is -0.337 e. The van der Waals surface area contributed by atoms with Gasteiger partial charge in [-0.2, -0.15) is 4.98 Å². The lowest BCUT2D eigenvalue weighted by Gasteiger charge is -2.33. The molecule has 1 aliphatic rings. The Balaban J connectivity index is 1.67. The number of piperidine rings is 1. The average Bonchev–Trinajstić information content (AvgIpc) is 3.22. The third-order valence-electron chi connectivity index (χ3n) is 4.00. The van der Waals surface area contributed by atoms with Gasteiger partial charge in [0.1, 0.15) is 6.04 Å². The van der Waals surface area contributed by atoms with Crippen LogP contribution in [0.3, 0.4) is 0 Å². The van der Waals surface area contributed by atoms with Crippen LogP contribution in [-0.4, -0.2) is 38.2 Å². The topological polar surface area (TPSA) is 72.1 Å². The maximum Gasteiger partial charge on any atom is 0.249 e. The Morgan fingerprint density at radius 1 is 1.46 bits per heavy atom. The number of carbonyl (C=O) groups is 1. The molecule has 0 bridgehead atoms. The molecule has 8 heteroatoms. The summed E-state index contributed by atoms with van der Waals surface area (Å²) in [4.78, 5) is 23.5. The number of carbonyl (C=O) groups excluding carboxylic acids is 1. The molecule has 0 saturated carbocycles. The molecule has 0 N–H and O–H groups in total. The van der Waals surface area contributed by atoms with Gasteiger partial charge in [0, 0.05) is 23.5 Å². The van der Waals surface area contributed by atoms with Gasteiger partial charge in [-0.15, -0.1) is 11.3 Å². The summed E-state index contributed by atoms with van der Waals surface area (Å²) in [7, 11) is 0. The number of nitrogens with zero attached hydrogens (tertiary/aromatic N) is 4. The summed E-state index contributed by atoms with van der Waals surface area (Å²) in [6.07, 6.45) is 2.98. The van der Waals surface area contributed by atoms with Crippen molar-refractivity contribution in [2.45, 2.75) is 56.3 Å². The third kappa shape index (κ3) is 3.97. The number of thiazole rings is 1. The maximum absolute atomic E-state index is 12.7. The summed E-state index contributed by atoms with van der Waals surface area (Å²) >= 11 is 3.08. The van der Waals surface area contributed by atoms with Crippen LogP contribution in [0.25, 0.3) is 0 Å². The molecule has 2 aromatic heterocycles. The molecule has 0 spiro atoms.